The van der Waals surface area contributed by atoms with Gasteiger partial charge in [-0.05, 0) is 62.8 Å². The first-order valence-corrected chi connectivity index (χ1v) is 9.09. The maximum Gasteiger partial charge on any atom is 0.319 e. The van der Waals surface area contributed by atoms with E-state index in [1.165, 1.54) is 24.0 Å². The average molecular weight is 331 g/mol. The minimum atomic E-state index is -0.101. The first-order chi connectivity index (χ1) is 11.6. The summed E-state index contributed by atoms with van der Waals surface area (Å²) in [4.78, 5) is 14.6. The molecular formula is C19H29N3O2. The van der Waals surface area contributed by atoms with Crippen molar-refractivity contribution >= 4 is 11.7 Å². The Labute approximate surface area is 144 Å². The molecule has 24 heavy (non-hydrogen) atoms. The zero-order chi connectivity index (χ0) is 16.9. The molecule has 2 saturated heterocycles. The van der Waals surface area contributed by atoms with E-state index in [2.05, 4.69) is 29.4 Å². The third-order valence-corrected chi connectivity index (χ3v) is 5.17. The summed E-state index contributed by atoms with van der Waals surface area (Å²) in [5.74, 6) is 0. The summed E-state index contributed by atoms with van der Waals surface area (Å²) in [5.41, 5.74) is 3.28. The van der Waals surface area contributed by atoms with Crippen LogP contribution < -0.4 is 10.6 Å². The third kappa shape index (κ3) is 4.71. The van der Waals surface area contributed by atoms with Crippen LogP contribution in [0.4, 0.5) is 10.5 Å². The summed E-state index contributed by atoms with van der Waals surface area (Å²) in [6.45, 7) is 8.16. The van der Waals surface area contributed by atoms with Gasteiger partial charge < -0.3 is 20.3 Å². The molecule has 1 aromatic rings. The van der Waals surface area contributed by atoms with E-state index in [0.717, 1.165) is 44.8 Å². The van der Waals surface area contributed by atoms with Crippen LogP contribution in [0, 0.1) is 13.8 Å². The molecule has 2 aliphatic heterocycles. The number of urea groups is 1. The molecule has 132 valence electrons. The second-order valence-electron chi connectivity index (χ2n) is 7.11. The number of hydrogen-bond donors (Lipinski definition) is 2. The standard InChI is InChI=1S/C19H29N3O2/c1-14-5-6-17(12-15(14)2)21-19(23)20-16-7-9-22(10-8-16)13-18-4-3-11-24-18/h5-6,12,16,18H,3-4,7-11,13H2,1-2H3,(H2,20,21,23)/t18-/m0/s1. The van der Waals surface area contributed by atoms with Crippen LogP contribution in [0.3, 0.4) is 0 Å². The highest BCUT2D eigenvalue weighted by atomic mass is 16.5. The van der Waals surface area contributed by atoms with Crippen molar-refractivity contribution in [3.63, 3.8) is 0 Å². The van der Waals surface area contributed by atoms with Gasteiger partial charge in [0, 0.05) is 38.0 Å². The predicted octanol–water partition coefficient (Wildman–Crippen LogP) is 3.07. The van der Waals surface area contributed by atoms with Gasteiger partial charge in [-0.2, -0.15) is 0 Å². The van der Waals surface area contributed by atoms with E-state index in [4.69, 9.17) is 4.74 Å². The molecule has 5 nitrogen and oxygen atoms in total. The number of ether oxygens (including phenoxy) is 1. The number of nitrogens with zero attached hydrogens (tertiary/aromatic N) is 1. The molecule has 2 aliphatic rings. The SMILES string of the molecule is Cc1ccc(NC(=O)NC2CCN(C[C@@H]3CCCO3)CC2)cc1C. The monoisotopic (exact) mass is 331 g/mol. The number of piperidine rings is 1. The van der Waals surface area contributed by atoms with E-state index >= 15 is 0 Å². The average Bonchev–Trinajstić information content (AvgIpc) is 3.06. The molecule has 0 radical (unpaired) electrons. The van der Waals surface area contributed by atoms with Gasteiger partial charge in [-0.3, -0.25) is 0 Å². The molecule has 3 rings (SSSR count). The van der Waals surface area contributed by atoms with Crippen LogP contribution in [-0.2, 0) is 4.74 Å². The highest BCUT2D eigenvalue weighted by Gasteiger charge is 2.24. The lowest BCUT2D eigenvalue weighted by molar-refractivity contribution is 0.0633. The molecule has 0 aliphatic carbocycles. The number of hydrogen-bond acceptors (Lipinski definition) is 3. The van der Waals surface area contributed by atoms with Gasteiger partial charge >= 0.3 is 6.03 Å². The minimum Gasteiger partial charge on any atom is -0.377 e. The molecule has 2 fully saturated rings. The van der Waals surface area contributed by atoms with E-state index in [0.29, 0.717) is 6.10 Å². The first-order valence-electron chi connectivity index (χ1n) is 9.09. The van der Waals surface area contributed by atoms with E-state index in [1.807, 2.05) is 18.2 Å². The molecule has 0 saturated carbocycles. The normalized spacial score (nSPS) is 22.5. The lowest BCUT2D eigenvalue weighted by Gasteiger charge is -2.33. The molecule has 2 heterocycles. The molecule has 2 amide bonds. The van der Waals surface area contributed by atoms with Gasteiger partial charge in [-0.25, -0.2) is 4.79 Å². The lowest BCUT2D eigenvalue weighted by atomic mass is 10.0. The summed E-state index contributed by atoms with van der Waals surface area (Å²) in [6, 6.07) is 6.16. The number of likely N-dealkylation sites (tertiary alicyclic amines) is 1. The number of nitrogens with one attached hydrogen (secondary N) is 2. The van der Waals surface area contributed by atoms with Crippen LogP contribution in [0.5, 0.6) is 0 Å². The van der Waals surface area contributed by atoms with E-state index in [9.17, 15) is 4.79 Å². The summed E-state index contributed by atoms with van der Waals surface area (Å²) in [6.07, 6.45) is 4.82. The molecule has 0 spiro atoms. The van der Waals surface area contributed by atoms with Gasteiger partial charge in [-0.1, -0.05) is 6.07 Å². The predicted molar refractivity (Wildman–Crippen MR) is 96.5 cm³/mol. The van der Waals surface area contributed by atoms with Crippen molar-refractivity contribution in [3.05, 3.63) is 29.3 Å². The summed E-state index contributed by atoms with van der Waals surface area (Å²) < 4.78 is 5.71. The zero-order valence-electron chi connectivity index (χ0n) is 14.8. The van der Waals surface area contributed by atoms with Crippen molar-refractivity contribution < 1.29 is 9.53 Å². The number of rotatable bonds is 4. The second kappa shape index (κ2) is 7.99. The number of carbonyl (C=O) groups excluding carboxylic acids is 1. The van der Waals surface area contributed by atoms with E-state index in [-0.39, 0.29) is 12.1 Å². The Morgan fingerprint density at radius 1 is 1.21 bits per heavy atom. The highest BCUT2D eigenvalue weighted by molar-refractivity contribution is 5.89. The Bertz CT molecular complexity index is 562. The highest BCUT2D eigenvalue weighted by Crippen LogP contribution is 2.17. The van der Waals surface area contributed by atoms with Crippen molar-refractivity contribution in [1.82, 2.24) is 10.2 Å². The fourth-order valence-electron chi connectivity index (χ4n) is 3.51. The van der Waals surface area contributed by atoms with Gasteiger partial charge in [0.25, 0.3) is 0 Å². The van der Waals surface area contributed by atoms with Crippen molar-refractivity contribution in [3.8, 4) is 0 Å². The molecular weight excluding hydrogens is 302 g/mol. The van der Waals surface area contributed by atoms with Gasteiger partial charge in [-0.15, -0.1) is 0 Å². The van der Waals surface area contributed by atoms with Gasteiger partial charge in [0.1, 0.15) is 0 Å². The minimum absolute atomic E-state index is 0.101. The number of benzene rings is 1. The van der Waals surface area contributed by atoms with E-state index < -0.39 is 0 Å². The quantitative estimate of drug-likeness (QED) is 0.891. The summed E-state index contributed by atoms with van der Waals surface area (Å²) >= 11 is 0. The smallest absolute Gasteiger partial charge is 0.319 e. The third-order valence-electron chi connectivity index (χ3n) is 5.17. The molecule has 5 heteroatoms. The van der Waals surface area contributed by atoms with Gasteiger partial charge in [0.15, 0.2) is 0 Å². The molecule has 1 aromatic carbocycles. The molecule has 0 bridgehead atoms. The topological polar surface area (TPSA) is 53.6 Å². The zero-order valence-corrected chi connectivity index (χ0v) is 14.8. The molecule has 2 N–H and O–H groups in total. The van der Waals surface area contributed by atoms with Crippen LogP contribution in [0.25, 0.3) is 0 Å². The second-order valence-corrected chi connectivity index (χ2v) is 7.11. The lowest BCUT2D eigenvalue weighted by Crippen LogP contribution is -2.47. The molecule has 0 aromatic heterocycles. The number of carbonyl (C=O) groups is 1. The fraction of sp³-hybridized carbons (Fsp3) is 0.632. The first kappa shape index (κ1) is 17.2. The van der Waals surface area contributed by atoms with Crippen LogP contribution in [-0.4, -0.2) is 49.3 Å². The summed E-state index contributed by atoms with van der Waals surface area (Å²) in [5, 5.41) is 6.05. The summed E-state index contributed by atoms with van der Waals surface area (Å²) in [7, 11) is 0. The van der Waals surface area contributed by atoms with Crippen LogP contribution in [0.2, 0.25) is 0 Å². The number of anilines is 1. The Kier molecular flexibility index (Phi) is 5.74. The molecule has 0 unspecified atom stereocenters. The van der Waals surface area contributed by atoms with Crippen molar-refractivity contribution in [2.24, 2.45) is 0 Å². The van der Waals surface area contributed by atoms with Gasteiger partial charge in [0.05, 0.1) is 6.10 Å². The maximum atomic E-state index is 12.2. The van der Waals surface area contributed by atoms with Crippen molar-refractivity contribution in [2.45, 2.75) is 51.7 Å². The van der Waals surface area contributed by atoms with E-state index in [1.54, 1.807) is 0 Å². The largest absolute Gasteiger partial charge is 0.377 e. The Hall–Kier alpha value is -1.59. The fourth-order valence-corrected chi connectivity index (χ4v) is 3.51. The van der Waals surface area contributed by atoms with Crippen LogP contribution in [0.1, 0.15) is 36.8 Å². The van der Waals surface area contributed by atoms with Crippen molar-refractivity contribution in [1.29, 1.82) is 0 Å². The van der Waals surface area contributed by atoms with Gasteiger partial charge in [0.2, 0.25) is 0 Å². The molecule has 1 atom stereocenters. The van der Waals surface area contributed by atoms with Crippen molar-refractivity contribution in [2.75, 3.05) is 31.6 Å². The Morgan fingerprint density at radius 3 is 2.67 bits per heavy atom. The van der Waals surface area contributed by atoms with Crippen LogP contribution in [0.15, 0.2) is 18.2 Å². The number of aryl methyl sites for hydroxylation is 2. The number of amides is 2. The Balaban J connectivity index is 1.40. The Morgan fingerprint density at radius 2 is 2.00 bits per heavy atom. The maximum absolute atomic E-state index is 12.2. The van der Waals surface area contributed by atoms with Crippen LogP contribution >= 0.6 is 0 Å².